The van der Waals surface area contributed by atoms with E-state index in [9.17, 15) is 4.79 Å². The van der Waals surface area contributed by atoms with Gasteiger partial charge in [0.05, 0.1) is 22.8 Å². The maximum Gasteiger partial charge on any atom is 0.261 e. The summed E-state index contributed by atoms with van der Waals surface area (Å²) in [4.78, 5) is 21.2. The molecule has 2 aromatic heterocycles. The fraction of sp³-hybridized carbons (Fsp3) is 0.286. The molecule has 21 heavy (non-hydrogen) atoms. The van der Waals surface area contributed by atoms with Gasteiger partial charge in [-0.2, -0.15) is 4.98 Å². The number of para-hydroxylation sites is 1. The summed E-state index contributed by atoms with van der Waals surface area (Å²) in [7, 11) is 0. The van der Waals surface area contributed by atoms with Gasteiger partial charge in [-0.25, -0.2) is 4.98 Å². The van der Waals surface area contributed by atoms with E-state index in [1.807, 2.05) is 19.1 Å². The minimum Gasteiger partial charge on any atom is -0.343 e. The van der Waals surface area contributed by atoms with Crippen LogP contribution in [0.3, 0.4) is 0 Å². The average molecular weight is 305 g/mol. The lowest BCUT2D eigenvalue weighted by molar-refractivity contribution is 0.407. The predicted octanol–water partition coefficient (Wildman–Crippen LogP) is 2.52. The van der Waals surface area contributed by atoms with Crippen molar-refractivity contribution >= 4 is 22.5 Å². The zero-order valence-electron chi connectivity index (χ0n) is 11.4. The van der Waals surface area contributed by atoms with Crippen molar-refractivity contribution in [2.75, 3.05) is 0 Å². The molecule has 1 aromatic carbocycles. The second kappa shape index (κ2) is 5.65. The Balaban J connectivity index is 2.23. The van der Waals surface area contributed by atoms with E-state index in [1.165, 1.54) is 11.0 Å². The number of fused-ring (bicyclic) bond motifs is 1. The molecule has 1 atom stereocenters. The van der Waals surface area contributed by atoms with Crippen LogP contribution in [0.2, 0.25) is 0 Å². The molecule has 0 aliphatic rings. The van der Waals surface area contributed by atoms with E-state index in [2.05, 4.69) is 15.1 Å². The van der Waals surface area contributed by atoms with E-state index in [0.717, 1.165) is 0 Å². The Labute approximate surface area is 125 Å². The van der Waals surface area contributed by atoms with Gasteiger partial charge < -0.3 is 4.52 Å². The first-order valence-corrected chi connectivity index (χ1v) is 7.03. The molecule has 0 saturated heterocycles. The van der Waals surface area contributed by atoms with Gasteiger partial charge in [-0.3, -0.25) is 9.36 Å². The summed E-state index contributed by atoms with van der Waals surface area (Å²) < 4.78 is 6.22. The van der Waals surface area contributed by atoms with Crippen molar-refractivity contribution in [2.24, 2.45) is 0 Å². The van der Waals surface area contributed by atoms with Crippen LogP contribution in [-0.4, -0.2) is 19.7 Å². The molecule has 108 valence electrons. The molecule has 0 bridgehead atoms. The van der Waals surface area contributed by atoms with Crippen LogP contribution >= 0.6 is 11.6 Å². The quantitative estimate of drug-likeness (QED) is 0.692. The minimum absolute atomic E-state index is 0.153. The number of hydrogen-bond acceptors (Lipinski definition) is 5. The van der Waals surface area contributed by atoms with E-state index in [4.69, 9.17) is 16.1 Å². The number of nitrogens with zero attached hydrogens (tertiary/aromatic N) is 4. The van der Waals surface area contributed by atoms with Crippen LogP contribution in [0.25, 0.3) is 10.9 Å². The molecule has 0 N–H and O–H groups in total. The zero-order valence-corrected chi connectivity index (χ0v) is 12.1. The third kappa shape index (κ3) is 2.54. The number of alkyl halides is 1. The molecule has 1 unspecified atom stereocenters. The van der Waals surface area contributed by atoms with Crippen LogP contribution in [-0.2, 0) is 6.54 Å². The van der Waals surface area contributed by atoms with Crippen molar-refractivity contribution in [1.82, 2.24) is 19.7 Å². The zero-order chi connectivity index (χ0) is 14.8. The van der Waals surface area contributed by atoms with Crippen LogP contribution < -0.4 is 5.56 Å². The van der Waals surface area contributed by atoms with Crippen LogP contribution in [0.5, 0.6) is 0 Å². The Morgan fingerprint density at radius 3 is 2.90 bits per heavy atom. The number of rotatable bonds is 4. The number of halogens is 1. The normalized spacial score (nSPS) is 12.7. The Bertz CT molecular complexity index is 813. The molecule has 0 fully saturated rings. The van der Waals surface area contributed by atoms with Gasteiger partial charge in [0.25, 0.3) is 5.56 Å². The van der Waals surface area contributed by atoms with Crippen molar-refractivity contribution in [3.05, 3.63) is 52.7 Å². The van der Waals surface area contributed by atoms with Gasteiger partial charge >= 0.3 is 0 Å². The van der Waals surface area contributed by atoms with Gasteiger partial charge in [-0.1, -0.05) is 24.2 Å². The smallest absolute Gasteiger partial charge is 0.261 e. The van der Waals surface area contributed by atoms with E-state index in [0.29, 0.717) is 29.0 Å². The summed E-state index contributed by atoms with van der Waals surface area (Å²) in [5.74, 6) is 0.933. The molecule has 0 amide bonds. The molecule has 0 saturated carbocycles. The summed E-state index contributed by atoms with van der Waals surface area (Å²) in [6, 6.07) is 7.20. The number of aromatic nitrogens is 4. The fourth-order valence-electron chi connectivity index (χ4n) is 2.16. The summed E-state index contributed by atoms with van der Waals surface area (Å²) >= 11 is 6.32. The highest BCUT2D eigenvalue weighted by Crippen LogP contribution is 2.23. The predicted molar refractivity (Wildman–Crippen MR) is 78.3 cm³/mol. The third-order valence-corrected chi connectivity index (χ3v) is 3.74. The van der Waals surface area contributed by atoms with E-state index < -0.39 is 0 Å². The molecular weight excluding hydrogens is 292 g/mol. The maximum atomic E-state index is 12.7. The standard InChI is InChI=1S/C14H13ClN4O2/c1-2-10(15)13-17-11-6-4-3-5-9(11)14(20)19(13)7-12-16-8-21-18-12/h3-6,8,10H,2,7H2,1H3. The van der Waals surface area contributed by atoms with Gasteiger partial charge in [0.15, 0.2) is 5.82 Å². The molecule has 3 aromatic rings. The van der Waals surface area contributed by atoms with Crippen LogP contribution in [0.15, 0.2) is 40.0 Å². The monoisotopic (exact) mass is 304 g/mol. The molecule has 0 radical (unpaired) electrons. The Hall–Kier alpha value is -2.21. The molecule has 6 nitrogen and oxygen atoms in total. The van der Waals surface area contributed by atoms with Gasteiger partial charge in [-0.15, -0.1) is 11.6 Å². The summed E-state index contributed by atoms with van der Waals surface area (Å²) in [5.41, 5.74) is 0.487. The first-order chi connectivity index (χ1) is 10.2. The highest BCUT2D eigenvalue weighted by atomic mass is 35.5. The molecule has 0 spiro atoms. The van der Waals surface area contributed by atoms with Crippen molar-refractivity contribution in [3.63, 3.8) is 0 Å². The van der Waals surface area contributed by atoms with Crippen LogP contribution in [0.1, 0.15) is 30.4 Å². The van der Waals surface area contributed by atoms with Gasteiger partial charge in [0.1, 0.15) is 5.82 Å². The number of benzene rings is 1. The molecule has 0 aliphatic carbocycles. The lowest BCUT2D eigenvalue weighted by Gasteiger charge is -2.14. The van der Waals surface area contributed by atoms with Crippen molar-refractivity contribution < 1.29 is 4.52 Å². The maximum absolute atomic E-state index is 12.7. The summed E-state index contributed by atoms with van der Waals surface area (Å²) in [5, 5.41) is 3.94. The first kappa shape index (κ1) is 13.8. The van der Waals surface area contributed by atoms with Crippen LogP contribution in [0, 0.1) is 0 Å². The van der Waals surface area contributed by atoms with Crippen molar-refractivity contribution in [1.29, 1.82) is 0 Å². The summed E-state index contributed by atoms with van der Waals surface area (Å²) in [6.07, 6.45) is 1.89. The van der Waals surface area contributed by atoms with E-state index in [-0.39, 0.29) is 17.5 Å². The average Bonchev–Trinajstić information content (AvgIpc) is 3.02. The topological polar surface area (TPSA) is 73.8 Å². The van der Waals surface area contributed by atoms with Crippen LogP contribution in [0.4, 0.5) is 0 Å². The van der Waals surface area contributed by atoms with Gasteiger partial charge in [0, 0.05) is 0 Å². The third-order valence-electron chi connectivity index (χ3n) is 3.24. The lowest BCUT2D eigenvalue weighted by Crippen LogP contribution is -2.27. The molecule has 7 heteroatoms. The SMILES string of the molecule is CCC(Cl)c1nc2ccccc2c(=O)n1Cc1ncon1. The van der Waals surface area contributed by atoms with Crippen molar-refractivity contribution in [2.45, 2.75) is 25.3 Å². The second-order valence-electron chi connectivity index (χ2n) is 4.60. The molecule has 2 heterocycles. The highest BCUT2D eigenvalue weighted by Gasteiger charge is 2.18. The fourth-order valence-corrected chi connectivity index (χ4v) is 2.33. The van der Waals surface area contributed by atoms with Crippen molar-refractivity contribution in [3.8, 4) is 0 Å². The Morgan fingerprint density at radius 2 is 2.19 bits per heavy atom. The molecule has 0 aliphatic heterocycles. The molecular formula is C14H13ClN4O2. The second-order valence-corrected chi connectivity index (χ2v) is 5.13. The molecule has 3 rings (SSSR count). The minimum atomic E-state index is -0.353. The van der Waals surface area contributed by atoms with Gasteiger partial charge in [-0.05, 0) is 18.6 Å². The Kier molecular flexibility index (Phi) is 3.70. The number of hydrogen-bond donors (Lipinski definition) is 0. The van der Waals surface area contributed by atoms with E-state index in [1.54, 1.807) is 12.1 Å². The largest absolute Gasteiger partial charge is 0.343 e. The lowest BCUT2D eigenvalue weighted by atomic mass is 10.2. The first-order valence-electron chi connectivity index (χ1n) is 6.59. The Morgan fingerprint density at radius 1 is 1.38 bits per heavy atom. The van der Waals surface area contributed by atoms with Gasteiger partial charge in [0.2, 0.25) is 6.39 Å². The highest BCUT2D eigenvalue weighted by molar-refractivity contribution is 6.20. The summed E-state index contributed by atoms with van der Waals surface area (Å²) in [6.45, 7) is 2.13. The van der Waals surface area contributed by atoms with E-state index >= 15 is 0 Å².